The predicted molar refractivity (Wildman–Crippen MR) is 45.2 cm³/mol. The van der Waals surface area contributed by atoms with E-state index in [4.69, 9.17) is 0 Å². The van der Waals surface area contributed by atoms with E-state index in [1.54, 1.807) is 24.3 Å². The molecule has 12 heavy (non-hydrogen) atoms. The first-order valence-electron chi connectivity index (χ1n) is 3.17. The Morgan fingerprint density at radius 2 is 2.00 bits per heavy atom. The van der Waals surface area contributed by atoms with Crippen LogP contribution in [0, 0.1) is 10.4 Å². The average molecular weight is 184 g/mol. The van der Waals surface area contributed by atoms with E-state index < -0.39 is 0 Å². The first kappa shape index (κ1) is 7.11. The Bertz CT molecular complexity index is 434. The van der Waals surface area contributed by atoms with Crippen LogP contribution in [-0.4, -0.2) is 9.20 Å². The zero-order chi connectivity index (χ0) is 8.55. The minimum absolute atomic E-state index is 0.162. The van der Waals surface area contributed by atoms with Crippen LogP contribution in [0.25, 0.3) is 10.2 Å². The average Bonchev–Trinajstić information content (AvgIpc) is 2.04. The van der Waals surface area contributed by atoms with Crippen molar-refractivity contribution in [3.63, 3.8) is 0 Å². The molecule has 0 N–H and O–H groups in total. The highest BCUT2D eigenvalue weighted by Gasteiger charge is 1.93. The molecule has 1 aromatic heterocycles. The van der Waals surface area contributed by atoms with Gasteiger partial charge in [0.2, 0.25) is 0 Å². The maximum atomic E-state index is 10.9. The van der Waals surface area contributed by atoms with Crippen molar-refractivity contribution in [2.24, 2.45) is 0 Å². The summed E-state index contributed by atoms with van der Waals surface area (Å²) in [4.78, 5) is 0.193. The van der Waals surface area contributed by atoms with E-state index >= 15 is 0 Å². The number of benzene rings is 1. The highest BCUT2D eigenvalue weighted by molar-refractivity contribution is 7.13. The molecule has 0 aliphatic rings. The molecule has 1 aromatic carbocycles. The molecular weight excluding hydrogens is 180 g/mol. The van der Waals surface area contributed by atoms with Crippen molar-refractivity contribution in [1.82, 2.24) is 9.20 Å². The van der Waals surface area contributed by atoms with Gasteiger partial charge in [-0.3, -0.25) is 0 Å². The molecule has 2 aromatic rings. The second-order valence-corrected chi connectivity index (χ2v) is 3.04. The maximum Gasteiger partial charge on any atom is 0.0893 e. The first-order chi connectivity index (χ1) is 5.77. The van der Waals surface area contributed by atoms with Crippen molar-refractivity contribution >= 4 is 21.7 Å². The molecule has 1 heterocycles. The quantitative estimate of drug-likeness (QED) is 0.627. The van der Waals surface area contributed by atoms with E-state index in [0.29, 0.717) is 10.2 Å². The summed E-state index contributed by atoms with van der Waals surface area (Å²) in [6, 6.07) is 6.72. The van der Waals surface area contributed by atoms with Crippen molar-refractivity contribution in [3.8, 4) is 0 Å². The van der Waals surface area contributed by atoms with Crippen LogP contribution >= 0.6 is 11.5 Å². The van der Waals surface area contributed by atoms with Crippen molar-refractivity contribution in [2.75, 3.05) is 0 Å². The minimum atomic E-state index is 0.162. The highest BCUT2D eigenvalue weighted by atomic mass is 32.1. The van der Waals surface area contributed by atoms with E-state index in [1.165, 1.54) is 0 Å². The number of fused-ring (bicyclic) bond motifs is 1. The Hall–Kier alpha value is -1.56. The lowest BCUT2D eigenvalue weighted by atomic mass is 10.3. The van der Waals surface area contributed by atoms with E-state index in [0.717, 1.165) is 11.5 Å². The third-order valence-corrected chi connectivity index (χ3v) is 2.13. The molecular formula is C6H4N2O3S-2. The van der Waals surface area contributed by atoms with Gasteiger partial charge < -0.3 is 15.0 Å². The predicted octanol–water partition coefficient (Wildman–Crippen LogP) is 1.91. The number of hydrogen-bond acceptors (Lipinski definition) is 4. The Balaban J connectivity index is 2.89. The molecule has 0 unspecified atom stereocenters. The standard InChI is InChI=1S/C6H4N2O3S/c9-7-5-3-1-2-4-6(5)12-8(10)11-7/h1-4H/q-2. The van der Waals surface area contributed by atoms with Gasteiger partial charge in [0.15, 0.2) is 0 Å². The molecule has 0 saturated carbocycles. The number of hydrogen-bond donors (Lipinski definition) is 0. The molecule has 0 aliphatic heterocycles. The second-order valence-electron chi connectivity index (χ2n) is 2.12. The monoisotopic (exact) mass is 184 g/mol. The fourth-order valence-electron chi connectivity index (χ4n) is 0.887. The molecule has 0 amide bonds. The van der Waals surface area contributed by atoms with Crippen LogP contribution in [0.1, 0.15) is 0 Å². The number of para-hydroxylation sites is 1. The molecule has 0 radical (unpaired) electrons. The lowest BCUT2D eigenvalue weighted by molar-refractivity contribution is 0.209. The van der Waals surface area contributed by atoms with Gasteiger partial charge in [0.05, 0.1) is 10.2 Å². The lowest BCUT2D eigenvalue weighted by Crippen LogP contribution is -1.95. The number of rotatable bonds is 0. The molecule has 0 aliphatic carbocycles. The Morgan fingerprint density at radius 3 is 2.83 bits per heavy atom. The number of nitrogens with zero attached hydrogens (tertiary/aromatic N) is 2. The summed E-state index contributed by atoms with van der Waals surface area (Å²) in [6.07, 6.45) is 0. The third kappa shape index (κ3) is 1.02. The van der Waals surface area contributed by atoms with Crippen LogP contribution in [0.2, 0.25) is 0 Å². The van der Waals surface area contributed by atoms with E-state index in [1.807, 2.05) is 0 Å². The first-order valence-corrected chi connectivity index (χ1v) is 3.94. The maximum absolute atomic E-state index is 10.9. The zero-order valence-corrected chi connectivity index (χ0v) is 6.65. The molecule has 2 rings (SSSR count). The minimum Gasteiger partial charge on any atom is -0.460 e. The molecule has 64 valence electrons. The van der Waals surface area contributed by atoms with Gasteiger partial charge >= 0.3 is 0 Å². The number of aromatic nitrogens is 2. The van der Waals surface area contributed by atoms with Gasteiger partial charge in [-0.1, -0.05) is 12.1 Å². The van der Waals surface area contributed by atoms with Gasteiger partial charge in [0, 0.05) is 0 Å². The Labute approximate surface area is 71.0 Å². The second kappa shape index (κ2) is 2.49. The van der Waals surface area contributed by atoms with Crippen LogP contribution in [0.5, 0.6) is 0 Å². The van der Waals surface area contributed by atoms with E-state index in [-0.39, 0.29) is 9.20 Å². The molecule has 6 heteroatoms. The van der Waals surface area contributed by atoms with Crippen LogP contribution in [0.4, 0.5) is 0 Å². The Morgan fingerprint density at radius 1 is 1.25 bits per heavy atom. The molecule has 0 bridgehead atoms. The summed E-state index contributed by atoms with van der Waals surface area (Å²) >= 11 is 0.829. The van der Waals surface area contributed by atoms with Crippen LogP contribution in [0.3, 0.4) is 0 Å². The van der Waals surface area contributed by atoms with Gasteiger partial charge in [-0.05, 0) is 23.7 Å². The highest BCUT2D eigenvalue weighted by Crippen LogP contribution is 2.16. The fourth-order valence-corrected chi connectivity index (χ4v) is 1.52. The smallest absolute Gasteiger partial charge is 0.0893 e. The van der Waals surface area contributed by atoms with Crippen molar-refractivity contribution < 1.29 is 4.63 Å². The van der Waals surface area contributed by atoms with Crippen molar-refractivity contribution in [1.29, 1.82) is 0 Å². The Kier molecular flexibility index (Phi) is 1.47. The van der Waals surface area contributed by atoms with Gasteiger partial charge in [0.1, 0.15) is 0 Å². The topological polar surface area (TPSA) is 69.1 Å². The fraction of sp³-hybridized carbons (Fsp3) is 0. The summed E-state index contributed by atoms with van der Waals surface area (Å²) in [6.45, 7) is 0. The molecule has 0 atom stereocenters. The molecule has 5 nitrogen and oxygen atoms in total. The lowest BCUT2D eigenvalue weighted by Gasteiger charge is -2.13. The van der Waals surface area contributed by atoms with Crippen molar-refractivity contribution in [3.05, 3.63) is 34.7 Å². The van der Waals surface area contributed by atoms with E-state index in [2.05, 4.69) is 4.63 Å². The van der Waals surface area contributed by atoms with Gasteiger partial charge in [-0.2, -0.15) is 4.29 Å². The summed E-state index contributed by atoms with van der Waals surface area (Å²) in [5, 5.41) is 21.6. The summed E-state index contributed by atoms with van der Waals surface area (Å²) < 4.78 is 4.98. The van der Waals surface area contributed by atoms with Crippen LogP contribution in [0.15, 0.2) is 28.9 Å². The van der Waals surface area contributed by atoms with Gasteiger partial charge in [0.25, 0.3) is 0 Å². The normalized spacial score (nSPS) is 10.3. The SMILES string of the molecule is [O-]n1on([O-])c2ccccc2s1. The van der Waals surface area contributed by atoms with Crippen LogP contribution < -0.4 is 0 Å². The summed E-state index contributed by atoms with van der Waals surface area (Å²) in [5.41, 5.74) is 0.356. The van der Waals surface area contributed by atoms with Gasteiger partial charge in [-0.25, -0.2) is 4.90 Å². The molecule has 0 spiro atoms. The molecule has 0 saturated heterocycles. The largest absolute Gasteiger partial charge is 0.460 e. The van der Waals surface area contributed by atoms with E-state index in [9.17, 15) is 10.4 Å². The molecule has 0 fully saturated rings. The zero-order valence-electron chi connectivity index (χ0n) is 5.84. The van der Waals surface area contributed by atoms with Crippen LogP contribution in [-0.2, 0) is 0 Å². The third-order valence-electron chi connectivity index (χ3n) is 1.38. The summed E-state index contributed by atoms with van der Waals surface area (Å²) in [5.74, 6) is 0. The van der Waals surface area contributed by atoms with Crippen molar-refractivity contribution in [2.45, 2.75) is 0 Å². The summed E-state index contributed by atoms with van der Waals surface area (Å²) in [7, 11) is 0. The van der Waals surface area contributed by atoms with Gasteiger partial charge in [-0.15, -0.1) is 0 Å².